The molecule has 2 fully saturated rings. The van der Waals surface area contributed by atoms with Crippen LogP contribution in [0.2, 0.25) is 0 Å². The molecular weight excluding hydrogens is 370 g/mol. The highest BCUT2D eigenvalue weighted by molar-refractivity contribution is 7.10. The number of aromatic nitrogens is 1. The Hall–Kier alpha value is -2.60. The van der Waals surface area contributed by atoms with Crippen molar-refractivity contribution >= 4 is 34.1 Å². The number of nitrogens with zero attached hydrogens (tertiary/aromatic N) is 3. The van der Waals surface area contributed by atoms with Crippen LogP contribution in [0.1, 0.15) is 17.2 Å². The van der Waals surface area contributed by atoms with Gasteiger partial charge < -0.3 is 14.4 Å². The number of thiophene rings is 1. The molecule has 6 heteroatoms. The van der Waals surface area contributed by atoms with Gasteiger partial charge in [0.2, 0.25) is 11.8 Å². The standard InChI is InChI=1S/C22H23N3O2S/c26-21(15-25-8-7-16-4-1-2-5-19(16)25)23-9-11-24(12-10-23)22(27)18-14-17(18)20-6-3-13-28-20/h1-8,13,17-18H,9-12,14-15H2/t17?,18-/m1/s1. The highest BCUT2D eigenvalue weighted by Gasteiger charge is 2.46. The predicted molar refractivity (Wildman–Crippen MR) is 110 cm³/mol. The van der Waals surface area contributed by atoms with Crippen molar-refractivity contribution < 1.29 is 9.59 Å². The lowest BCUT2D eigenvalue weighted by molar-refractivity contribution is -0.140. The second-order valence-electron chi connectivity index (χ2n) is 7.67. The smallest absolute Gasteiger partial charge is 0.242 e. The van der Waals surface area contributed by atoms with Gasteiger partial charge in [0.25, 0.3) is 0 Å². The summed E-state index contributed by atoms with van der Waals surface area (Å²) in [7, 11) is 0. The number of hydrogen-bond donors (Lipinski definition) is 0. The summed E-state index contributed by atoms with van der Waals surface area (Å²) in [6.07, 6.45) is 2.94. The molecule has 1 unspecified atom stereocenters. The molecular formula is C22H23N3O2S. The molecule has 28 heavy (non-hydrogen) atoms. The minimum Gasteiger partial charge on any atom is -0.339 e. The van der Waals surface area contributed by atoms with Crippen LogP contribution >= 0.6 is 11.3 Å². The van der Waals surface area contributed by atoms with Crippen molar-refractivity contribution in [2.75, 3.05) is 26.2 Å². The van der Waals surface area contributed by atoms with E-state index in [4.69, 9.17) is 0 Å². The van der Waals surface area contributed by atoms with Crippen molar-refractivity contribution in [2.24, 2.45) is 5.92 Å². The van der Waals surface area contributed by atoms with Gasteiger partial charge in [0.1, 0.15) is 6.54 Å². The molecule has 1 aliphatic carbocycles. The van der Waals surface area contributed by atoms with E-state index in [1.807, 2.05) is 44.8 Å². The van der Waals surface area contributed by atoms with Crippen molar-refractivity contribution in [3.8, 4) is 0 Å². The number of fused-ring (bicyclic) bond motifs is 1. The SMILES string of the molecule is O=C(Cn1ccc2ccccc21)N1CCN(C(=O)[C@@H]2CC2c2cccs2)CC1. The molecule has 1 aromatic carbocycles. The van der Waals surface area contributed by atoms with E-state index < -0.39 is 0 Å². The molecule has 5 nitrogen and oxygen atoms in total. The molecule has 3 heterocycles. The van der Waals surface area contributed by atoms with Crippen LogP contribution in [0.15, 0.2) is 54.0 Å². The second-order valence-corrected chi connectivity index (χ2v) is 8.65. The van der Waals surface area contributed by atoms with Gasteiger partial charge in [-0.1, -0.05) is 24.3 Å². The molecule has 0 radical (unpaired) electrons. The maximum atomic E-state index is 12.8. The van der Waals surface area contributed by atoms with E-state index in [1.165, 1.54) is 4.88 Å². The number of carbonyl (C=O) groups is 2. The summed E-state index contributed by atoms with van der Waals surface area (Å²) >= 11 is 1.74. The van der Waals surface area contributed by atoms with Crippen molar-refractivity contribution in [1.82, 2.24) is 14.4 Å². The summed E-state index contributed by atoms with van der Waals surface area (Å²) in [5.74, 6) is 0.944. The van der Waals surface area contributed by atoms with Gasteiger partial charge in [0.05, 0.1) is 0 Å². The molecule has 3 aromatic rings. The zero-order chi connectivity index (χ0) is 19.1. The third kappa shape index (κ3) is 3.22. The maximum absolute atomic E-state index is 12.8. The lowest BCUT2D eigenvalue weighted by atomic mass is 10.2. The summed E-state index contributed by atoms with van der Waals surface area (Å²) in [5, 5.41) is 3.23. The summed E-state index contributed by atoms with van der Waals surface area (Å²) in [5.41, 5.74) is 1.08. The van der Waals surface area contributed by atoms with Gasteiger partial charge in [-0.2, -0.15) is 0 Å². The topological polar surface area (TPSA) is 45.6 Å². The first-order chi connectivity index (χ1) is 13.7. The number of piperazine rings is 1. The average molecular weight is 394 g/mol. The lowest BCUT2D eigenvalue weighted by Crippen LogP contribution is -2.51. The van der Waals surface area contributed by atoms with Crippen molar-refractivity contribution in [3.05, 3.63) is 58.9 Å². The van der Waals surface area contributed by atoms with Crippen LogP contribution in [0.25, 0.3) is 10.9 Å². The predicted octanol–water partition coefficient (Wildman–Crippen LogP) is 3.18. The Kier molecular flexibility index (Phi) is 4.43. The van der Waals surface area contributed by atoms with Gasteiger partial charge in [-0.3, -0.25) is 9.59 Å². The number of rotatable bonds is 4. The third-order valence-corrected chi connectivity index (χ3v) is 6.95. The normalized spacial score (nSPS) is 21.9. The van der Waals surface area contributed by atoms with Crippen molar-refractivity contribution in [3.63, 3.8) is 0 Å². The summed E-state index contributed by atoms with van der Waals surface area (Å²) < 4.78 is 2.00. The van der Waals surface area contributed by atoms with Gasteiger partial charge in [0.15, 0.2) is 0 Å². The Morgan fingerprint density at radius 1 is 0.964 bits per heavy atom. The van der Waals surface area contributed by atoms with Gasteiger partial charge in [-0.05, 0) is 35.4 Å². The second kappa shape index (κ2) is 7.09. The Morgan fingerprint density at radius 2 is 1.75 bits per heavy atom. The maximum Gasteiger partial charge on any atom is 0.242 e. The first kappa shape index (κ1) is 17.5. The zero-order valence-electron chi connectivity index (χ0n) is 15.7. The fourth-order valence-corrected chi connectivity index (χ4v) is 5.13. The van der Waals surface area contributed by atoms with Crippen molar-refractivity contribution in [2.45, 2.75) is 18.9 Å². The molecule has 2 atom stereocenters. The Morgan fingerprint density at radius 3 is 2.54 bits per heavy atom. The minimum atomic E-state index is 0.122. The molecule has 0 spiro atoms. The van der Waals surface area contributed by atoms with E-state index in [0.29, 0.717) is 38.6 Å². The van der Waals surface area contributed by atoms with Crippen molar-refractivity contribution in [1.29, 1.82) is 0 Å². The quantitative estimate of drug-likeness (QED) is 0.683. The molecule has 0 N–H and O–H groups in total. The van der Waals surface area contributed by atoms with E-state index in [9.17, 15) is 9.59 Å². The molecule has 2 aliphatic rings. The van der Waals surface area contributed by atoms with Gasteiger partial charge in [-0.25, -0.2) is 0 Å². The largest absolute Gasteiger partial charge is 0.339 e. The van der Waals surface area contributed by atoms with Gasteiger partial charge in [-0.15, -0.1) is 11.3 Å². The van der Waals surface area contributed by atoms with Crippen LogP contribution in [-0.2, 0) is 16.1 Å². The van der Waals surface area contributed by atoms with E-state index in [2.05, 4.69) is 23.6 Å². The number of carbonyl (C=O) groups excluding carboxylic acids is 2. The Labute approximate surface area is 168 Å². The first-order valence-corrected chi connectivity index (χ1v) is 10.7. The Bertz CT molecular complexity index is 1000. The molecule has 2 aromatic heterocycles. The number of amides is 2. The summed E-state index contributed by atoms with van der Waals surface area (Å²) in [6.45, 7) is 2.89. The number of benzene rings is 1. The van der Waals surface area contributed by atoms with E-state index in [0.717, 1.165) is 17.3 Å². The van der Waals surface area contributed by atoms with Gasteiger partial charge in [0, 0.05) is 54.6 Å². The van der Waals surface area contributed by atoms with Crippen LogP contribution < -0.4 is 0 Å². The van der Waals surface area contributed by atoms with E-state index in [1.54, 1.807) is 11.3 Å². The minimum absolute atomic E-state index is 0.122. The van der Waals surface area contributed by atoms with E-state index in [-0.39, 0.29) is 17.7 Å². The molecule has 5 rings (SSSR count). The third-order valence-electron chi connectivity index (χ3n) is 5.95. The molecule has 1 saturated heterocycles. The molecule has 1 saturated carbocycles. The van der Waals surface area contributed by atoms with Crippen LogP contribution in [0.4, 0.5) is 0 Å². The first-order valence-electron chi connectivity index (χ1n) is 9.84. The molecule has 144 valence electrons. The Balaban J connectivity index is 1.16. The van der Waals surface area contributed by atoms with Crippen LogP contribution in [0, 0.1) is 5.92 Å². The fraction of sp³-hybridized carbons (Fsp3) is 0.364. The fourth-order valence-electron chi connectivity index (χ4n) is 4.22. The monoisotopic (exact) mass is 393 g/mol. The average Bonchev–Trinajstić information content (AvgIpc) is 3.14. The van der Waals surface area contributed by atoms with Crippen LogP contribution in [0.5, 0.6) is 0 Å². The summed E-state index contributed by atoms with van der Waals surface area (Å²) in [4.78, 5) is 30.7. The highest BCUT2D eigenvalue weighted by Crippen LogP contribution is 2.50. The lowest BCUT2D eigenvalue weighted by Gasteiger charge is -2.35. The van der Waals surface area contributed by atoms with Crippen LogP contribution in [-0.4, -0.2) is 52.4 Å². The van der Waals surface area contributed by atoms with E-state index >= 15 is 0 Å². The number of para-hydroxylation sites is 1. The highest BCUT2D eigenvalue weighted by atomic mass is 32.1. The number of hydrogen-bond acceptors (Lipinski definition) is 3. The van der Waals surface area contributed by atoms with Gasteiger partial charge >= 0.3 is 0 Å². The van der Waals surface area contributed by atoms with Crippen LogP contribution in [0.3, 0.4) is 0 Å². The summed E-state index contributed by atoms with van der Waals surface area (Å²) in [6, 6.07) is 14.3. The zero-order valence-corrected chi connectivity index (χ0v) is 16.5. The molecule has 0 bridgehead atoms. The molecule has 2 amide bonds. The molecule has 1 aliphatic heterocycles.